The quantitative estimate of drug-likeness (QED) is 0.280. The van der Waals surface area contributed by atoms with Crippen LogP contribution < -0.4 is 0 Å². The van der Waals surface area contributed by atoms with E-state index in [0.717, 1.165) is 18.2 Å². The lowest BCUT2D eigenvalue weighted by atomic mass is 10.1. The topological polar surface area (TPSA) is 115 Å². The molecule has 0 saturated carbocycles. The van der Waals surface area contributed by atoms with Crippen LogP contribution in [0.15, 0.2) is 36.4 Å². The first-order chi connectivity index (χ1) is 15.9. The number of nitrogens with zero attached hydrogens (tertiary/aromatic N) is 1. The number of imide groups is 1. The van der Waals surface area contributed by atoms with Gasteiger partial charge in [0.25, 0.3) is 11.8 Å². The Bertz CT molecular complexity index is 1230. The molecule has 2 aromatic carbocycles. The molecule has 2 amide bonds. The highest BCUT2D eigenvalue weighted by molar-refractivity contribution is 7.90. The van der Waals surface area contributed by atoms with E-state index in [1.54, 1.807) is 24.3 Å². The van der Waals surface area contributed by atoms with Crippen LogP contribution in [0.25, 0.3) is 0 Å². The fraction of sp³-hybridized carbons (Fsp3) is 0.304. The molecule has 0 aromatic heterocycles. The van der Waals surface area contributed by atoms with Crippen LogP contribution in [0.1, 0.15) is 50.0 Å². The fourth-order valence-electron chi connectivity index (χ4n) is 3.46. The van der Waals surface area contributed by atoms with Gasteiger partial charge in [-0.05, 0) is 30.5 Å². The first-order valence-electron chi connectivity index (χ1n) is 10.3. The van der Waals surface area contributed by atoms with Crippen molar-refractivity contribution in [2.75, 3.05) is 18.6 Å². The Kier molecular flexibility index (Phi) is 7.80. The molecule has 180 valence electrons. The van der Waals surface area contributed by atoms with Crippen LogP contribution in [0, 0.1) is 0 Å². The number of halogens is 2. The van der Waals surface area contributed by atoms with Gasteiger partial charge in [0.05, 0.1) is 26.9 Å². The standard InChI is InChI=1S/C23H21Cl2NO7S/c1-3-13-4-6-14(7-5-13)20(27)12-33-23(30)19(8-9-34(2,31)32)26-21(28)15-10-17(24)18(25)11-16(15)22(26)29/h4-7,10-11,19H,3,8-9,12H2,1-2H3/t19-/m0/s1. The highest BCUT2D eigenvalue weighted by atomic mass is 35.5. The van der Waals surface area contributed by atoms with E-state index in [1.807, 2.05) is 6.92 Å². The van der Waals surface area contributed by atoms with Gasteiger partial charge in [-0.3, -0.25) is 19.3 Å². The monoisotopic (exact) mass is 525 g/mol. The van der Waals surface area contributed by atoms with Gasteiger partial charge in [0.2, 0.25) is 0 Å². The van der Waals surface area contributed by atoms with E-state index < -0.39 is 58.2 Å². The van der Waals surface area contributed by atoms with Crippen LogP contribution in [0.5, 0.6) is 0 Å². The molecule has 0 spiro atoms. The fourth-order valence-corrected chi connectivity index (χ4v) is 4.43. The normalized spacial score (nSPS) is 14.2. The lowest BCUT2D eigenvalue weighted by Gasteiger charge is -2.24. The van der Waals surface area contributed by atoms with Gasteiger partial charge in [-0.15, -0.1) is 0 Å². The summed E-state index contributed by atoms with van der Waals surface area (Å²) in [5.41, 5.74) is 1.22. The molecule has 3 rings (SSSR count). The molecule has 0 bridgehead atoms. The van der Waals surface area contributed by atoms with Crippen molar-refractivity contribution in [1.29, 1.82) is 0 Å². The second-order valence-corrected chi connectivity index (χ2v) is 10.9. The molecule has 0 unspecified atom stereocenters. The summed E-state index contributed by atoms with van der Waals surface area (Å²) in [4.78, 5) is 51.8. The minimum Gasteiger partial charge on any atom is -0.456 e. The van der Waals surface area contributed by atoms with E-state index in [2.05, 4.69) is 0 Å². The number of carbonyl (C=O) groups excluding carboxylic acids is 4. The van der Waals surface area contributed by atoms with Gasteiger partial charge in [0, 0.05) is 11.8 Å². The molecule has 0 aliphatic carbocycles. The van der Waals surface area contributed by atoms with Crippen LogP contribution in [-0.2, 0) is 25.8 Å². The van der Waals surface area contributed by atoms with Gasteiger partial charge in [-0.25, -0.2) is 13.2 Å². The summed E-state index contributed by atoms with van der Waals surface area (Å²) < 4.78 is 28.6. The average Bonchev–Trinajstić information content (AvgIpc) is 3.01. The molecule has 8 nitrogen and oxygen atoms in total. The van der Waals surface area contributed by atoms with E-state index in [4.69, 9.17) is 27.9 Å². The summed E-state index contributed by atoms with van der Waals surface area (Å²) in [6.45, 7) is 1.33. The molecule has 0 radical (unpaired) electrons. The van der Waals surface area contributed by atoms with Gasteiger partial charge in [-0.1, -0.05) is 54.4 Å². The van der Waals surface area contributed by atoms with E-state index in [0.29, 0.717) is 10.5 Å². The Balaban J connectivity index is 1.82. The van der Waals surface area contributed by atoms with Gasteiger partial charge in [0.1, 0.15) is 15.9 Å². The molecule has 34 heavy (non-hydrogen) atoms. The number of rotatable bonds is 9. The Morgan fingerprint density at radius 1 is 1.00 bits per heavy atom. The maximum atomic E-state index is 12.9. The molecule has 0 saturated heterocycles. The minimum atomic E-state index is -3.55. The lowest BCUT2D eigenvalue weighted by molar-refractivity contribution is -0.147. The Morgan fingerprint density at radius 3 is 2.00 bits per heavy atom. The van der Waals surface area contributed by atoms with Crippen molar-refractivity contribution < 1.29 is 32.3 Å². The number of esters is 1. The Hall–Kier alpha value is -2.75. The number of amides is 2. The number of hydrogen-bond donors (Lipinski definition) is 0. The number of Topliss-reactive ketones (excluding diaryl/α,β-unsaturated/α-hetero) is 1. The number of sulfone groups is 1. The van der Waals surface area contributed by atoms with E-state index in [9.17, 15) is 27.6 Å². The van der Waals surface area contributed by atoms with E-state index >= 15 is 0 Å². The van der Waals surface area contributed by atoms with Crippen molar-refractivity contribution in [2.45, 2.75) is 25.8 Å². The second kappa shape index (κ2) is 10.2. The summed E-state index contributed by atoms with van der Waals surface area (Å²) in [5.74, 6) is -3.73. The van der Waals surface area contributed by atoms with Crippen molar-refractivity contribution in [1.82, 2.24) is 4.90 Å². The van der Waals surface area contributed by atoms with Crippen LogP contribution in [0.3, 0.4) is 0 Å². The maximum Gasteiger partial charge on any atom is 0.329 e. The Morgan fingerprint density at radius 2 is 1.53 bits per heavy atom. The number of ether oxygens (including phenoxy) is 1. The molecule has 0 fully saturated rings. The predicted molar refractivity (Wildman–Crippen MR) is 126 cm³/mol. The largest absolute Gasteiger partial charge is 0.456 e. The number of carbonyl (C=O) groups is 4. The summed E-state index contributed by atoms with van der Waals surface area (Å²) in [5, 5.41) is 0.0803. The molecule has 2 aromatic rings. The summed E-state index contributed by atoms with van der Waals surface area (Å²) in [6.07, 6.45) is 1.35. The van der Waals surface area contributed by atoms with Gasteiger partial charge >= 0.3 is 5.97 Å². The number of aryl methyl sites for hydroxylation is 1. The van der Waals surface area contributed by atoms with Gasteiger partial charge in [0.15, 0.2) is 12.4 Å². The molecule has 11 heteroatoms. The SMILES string of the molecule is CCc1ccc(C(=O)COC(=O)[C@H](CCS(C)(=O)=O)N2C(=O)c3cc(Cl)c(Cl)cc3C2=O)cc1. The highest BCUT2D eigenvalue weighted by Crippen LogP contribution is 2.33. The molecule has 1 atom stereocenters. The average molecular weight is 526 g/mol. The summed E-state index contributed by atoms with van der Waals surface area (Å²) in [6, 6.07) is 7.62. The summed E-state index contributed by atoms with van der Waals surface area (Å²) >= 11 is 11.9. The zero-order chi connectivity index (χ0) is 25.2. The third kappa shape index (κ3) is 5.65. The number of ketones is 1. The van der Waals surface area contributed by atoms with Crippen molar-refractivity contribution in [3.8, 4) is 0 Å². The molecular formula is C23H21Cl2NO7S. The minimum absolute atomic E-state index is 0.0402. The number of benzene rings is 2. The Labute approximate surface area is 206 Å². The van der Waals surface area contributed by atoms with Crippen molar-refractivity contribution in [2.24, 2.45) is 0 Å². The van der Waals surface area contributed by atoms with Gasteiger partial charge in [-0.2, -0.15) is 0 Å². The van der Waals surface area contributed by atoms with E-state index in [1.165, 1.54) is 12.1 Å². The third-order valence-corrected chi connectivity index (χ3v) is 7.03. The molecule has 1 aliphatic rings. The third-order valence-electron chi connectivity index (χ3n) is 5.33. The van der Waals surface area contributed by atoms with Crippen LogP contribution in [0.4, 0.5) is 0 Å². The van der Waals surface area contributed by atoms with Crippen molar-refractivity contribution >= 4 is 56.6 Å². The van der Waals surface area contributed by atoms with Crippen LogP contribution >= 0.6 is 23.2 Å². The molecule has 0 N–H and O–H groups in total. The summed E-state index contributed by atoms with van der Waals surface area (Å²) in [7, 11) is -3.55. The van der Waals surface area contributed by atoms with Gasteiger partial charge < -0.3 is 4.74 Å². The predicted octanol–water partition coefficient (Wildman–Crippen LogP) is 3.38. The lowest BCUT2D eigenvalue weighted by Crippen LogP contribution is -2.46. The van der Waals surface area contributed by atoms with Crippen LogP contribution in [0.2, 0.25) is 10.0 Å². The van der Waals surface area contributed by atoms with Crippen molar-refractivity contribution in [3.63, 3.8) is 0 Å². The first-order valence-corrected chi connectivity index (χ1v) is 13.1. The smallest absolute Gasteiger partial charge is 0.329 e. The number of hydrogen-bond acceptors (Lipinski definition) is 7. The zero-order valence-electron chi connectivity index (χ0n) is 18.3. The van der Waals surface area contributed by atoms with Crippen LogP contribution in [-0.4, -0.2) is 61.5 Å². The molecule has 1 aliphatic heterocycles. The first kappa shape index (κ1) is 25.9. The zero-order valence-corrected chi connectivity index (χ0v) is 20.7. The van der Waals surface area contributed by atoms with E-state index in [-0.39, 0.29) is 21.2 Å². The maximum absolute atomic E-state index is 12.9. The molecule has 1 heterocycles. The highest BCUT2D eigenvalue weighted by Gasteiger charge is 2.44. The second-order valence-electron chi connectivity index (χ2n) is 7.81. The molecular weight excluding hydrogens is 505 g/mol. The number of fused-ring (bicyclic) bond motifs is 1. The van der Waals surface area contributed by atoms with Crippen molar-refractivity contribution in [3.05, 3.63) is 68.7 Å².